The summed E-state index contributed by atoms with van der Waals surface area (Å²) in [5.74, 6) is 0. The molecule has 0 atom stereocenters. The average molecular weight is 254 g/mol. The molecule has 94 valence electrons. The van der Waals surface area contributed by atoms with Gasteiger partial charge in [-0.2, -0.15) is 0 Å². The average Bonchev–Trinajstić information content (AvgIpc) is 2.70. The van der Waals surface area contributed by atoms with Crippen LogP contribution in [-0.2, 0) is 24.4 Å². The largest absolute Gasteiger partial charge is 0.444 e. The monoisotopic (exact) mass is 254 g/mol. The van der Waals surface area contributed by atoms with Gasteiger partial charge in [0.1, 0.15) is 5.60 Å². The van der Waals surface area contributed by atoms with Crippen molar-refractivity contribution in [1.29, 1.82) is 0 Å². The van der Waals surface area contributed by atoms with Crippen molar-refractivity contribution in [3.8, 4) is 0 Å². The first-order chi connectivity index (χ1) is 7.89. The number of carbonyl (C=O) groups is 1. The summed E-state index contributed by atoms with van der Waals surface area (Å²) in [6, 6.07) is 2.09. The highest BCUT2D eigenvalue weighted by Crippen LogP contribution is 2.31. The number of rotatable bonds is 1. The summed E-state index contributed by atoms with van der Waals surface area (Å²) < 4.78 is 5.35. The molecule has 1 aromatic rings. The van der Waals surface area contributed by atoms with Crippen molar-refractivity contribution in [3.63, 3.8) is 0 Å². The van der Waals surface area contributed by atoms with Gasteiger partial charge in [-0.3, -0.25) is 4.90 Å². The minimum Gasteiger partial charge on any atom is -0.444 e. The van der Waals surface area contributed by atoms with Crippen LogP contribution in [0.4, 0.5) is 4.79 Å². The second kappa shape index (κ2) is 4.31. The minimum absolute atomic E-state index is 0.241. The van der Waals surface area contributed by atoms with E-state index in [0.29, 0.717) is 19.6 Å². The molecule has 0 radical (unpaired) electrons. The molecule has 4 nitrogen and oxygen atoms in total. The molecular weight excluding hydrogens is 236 g/mol. The summed E-state index contributed by atoms with van der Waals surface area (Å²) in [5.41, 5.74) is 6.37. The molecule has 0 saturated carbocycles. The van der Waals surface area contributed by atoms with Gasteiger partial charge in [0.2, 0.25) is 0 Å². The van der Waals surface area contributed by atoms with Gasteiger partial charge < -0.3 is 10.5 Å². The molecule has 0 bridgehead atoms. The first kappa shape index (κ1) is 12.4. The van der Waals surface area contributed by atoms with E-state index in [4.69, 9.17) is 10.5 Å². The summed E-state index contributed by atoms with van der Waals surface area (Å²) in [4.78, 5) is 16.0. The highest BCUT2D eigenvalue weighted by atomic mass is 32.1. The summed E-state index contributed by atoms with van der Waals surface area (Å²) in [5, 5.41) is 0. The second-order valence-electron chi connectivity index (χ2n) is 5.20. The topological polar surface area (TPSA) is 55.6 Å². The van der Waals surface area contributed by atoms with E-state index in [2.05, 4.69) is 6.07 Å². The summed E-state index contributed by atoms with van der Waals surface area (Å²) in [7, 11) is 0. The SMILES string of the molecule is CC(C)(C)OC(=O)N1Cc2cc(CN)sc2C1. The van der Waals surface area contributed by atoms with Gasteiger partial charge in [-0.1, -0.05) is 0 Å². The van der Waals surface area contributed by atoms with Crippen LogP contribution in [0.3, 0.4) is 0 Å². The number of hydrogen-bond donors (Lipinski definition) is 1. The van der Waals surface area contributed by atoms with Gasteiger partial charge in [-0.05, 0) is 32.4 Å². The standard InChI is InChI=1S/C12H18N2O2S/c1-12(2,3)16-11(15)14-6-8-4-9(5-13)17-10(8)7-14/h4H,5-7,13H2,1-3H3. The van der Waals surface area contributed by atoms with Gasteiger partial charge in [-0.15, -0.1) is 11.3 Å². The van der Waals surface area contributed by atoms with Crippen LogP contribution < -0.4 is 5.73 Å². The fraction of sp³-hybridized carbons (Fsp3) is 0.583. The number of fused-ring (bicyclic) bond motifs is 1. The van der Waals surface area contributed by atoms with Gasteiger partial charge in [0.05, 0.1) is 13.1 Å². The van der Waals surface area contributed by atoms with Gasteiger partial charge in [0.25, 0.3) is 0 Å². The zero-order valence-electron chi connectivity index (χ0n) is 10.4. The maximum atomic E-state index is 11.9. The zero-order valence-corrected chi connectivity index (χ0v) is 11.3. The molecule has 1 aliphatic heterocycles. The number of amides is 1. The molecule has 0 aromatic carbocycles. The lowest BCUT2D eigenvalue weighted by atomic mass is 10.2. The van der Waals surface area contributed by atoms with E-state index in [0.717, 1.165) is 0 Å². The van der Waals surface area contributed by atoms with Crippen molar-refractivity contribution in [3.05, 3.63) is 21.4 Å². The Morgan fingerprint density at radius 2 is 2.24 bits per heavy atom. The molecule has 1 aromatic heterocycles. The molecular formula is C12H18N2O2S. The van der Waals surface area contributed by atoms with Crippen LogP contribution in [0.1, 0.15) is 36.1 Å². The van der Waals surface area contributed by atoms with E-state index in [1.165, 1.54) is 15.3 Å². The quantitative estimate of drug-likeness (QED) is 0.837. The predicted octanol–water partition coefficient (Wildman–Crippen LogP) is 2.46. The molecule has 1 aliphatic rings. The number of carbonyl (C=O) groups excluding carboxylic acids is 1. The van der Waals surface area contributed by atoms with Crippen molar-refractivity contribution < 1.29 is 9.53 Å². The van der Waals surface area contributed by atoms with Crippen LogP contribution in [0, 0.1) is 0 Å². The van der Waals surface area contributed by atoms with Gasteiger partial charge in [-0.25, -0.2) is 4.79 Å². The van der Waals surface area contributed by atoms with Crippen molar-refractivity contribution >= 4 is 17.4 Å². The number of nitrogens with zero attached hydrogens (tertiary/aromatic N) is 1. The maximum absolute atomic E-state index is 11.9. The summed E-state index contributed by atoms with van der Waals surface area (Å²) in [6.45, 7) is 7.50. The van der Waals surface area contributed by atoms with Crippen LogP contribution >= 0.6 is 11.3 Å². The third-order valence-electron chi connectivity index (χ3n) is 2.50. The highest BCUT2D eigenvalue weighted by Gasteiger charge is 2.29. The molecule has 2 N–H and O–H groups in total. The van der Waals surface area contributed by atoms with Crippen LogP contribution in [0.5, 0.6) is 0 Å². The molecule has 0 unspecified atom stereocenters. The Morgan fingerprint density at radius 1 is 1.53 bits per heavy atom. The maximum Gasteiger partial charge on any atom is 0.410 e. The number of ether oxygens (including phenoxy) is 1. The van der Waals surface area contributed by atoms with Crippen LogP contribution in [0.25, 0.3) is 0 Å². The first-order valence-electron chi connectivity index (χ1n) is 5.67. The summed E-state index contributed by atoms with van der Waals surface area (Å²) in [6.07, 6.45) is -0.241. The summed E-state index contributed by atoms with van der Waals surface area (Å²) >= 11 is 1.69. The second-order valence-corrected chi connectivity index (χ2v) is 6.42. The van der Waals surface area contributed by atoms with Crippen molar-refractivity contribution in [2.24, 2.45) is 5.73 Å². The lowest BCUT2D eigenvalue weighted by molar-refractivity contribution is 0.0242. The molecule has 2 heterocycles. The Hall–Kier alpha value is -1.07. The molecule has 5 heteroatoms. The fourth-order valence-corrected chi connectivity index (χ4v) is 2.86. The van der Waals surface area contributed by atoms with Crippen LogP contribution in [0.2, 0.25) is 0 Å². The van der Waals surface area contributed by atoms with E-state index in [1.54, 1.807) is 16.2 Å². The lowest BCUT2D eigenvalue weighted by Crippen LogP contribution is -2.33. The first-order valence-corrected chi connectivity index (χ1v) is 6.49. The fourth-order valence-electron chi connectivity index (χ4n) is 1.79. The van der Waals surface area contributed by atoms with Crippen molar-refractivity contribution in [2.75, 3.05) is 0 Å². The third kappa shape index (κ3) is 2.79. The molecule has 0 aliphatic carbocycles. The predicted molar refractivity (Wildman–Crippen MR) is 67.7 cm³/mol. The zero-order chi connectivity index (χ0) is 12.6. The Balaban J connectivity index is 2.00. The van der Waals surface area contributed by atoms with Gasteiger partial charge in [0, 0.05) is 16.3 Å². The van der Waals surface area contributed by atoms with Gasteiger partial charge >= 0.3 is 6.09 Å². The van der Waals surface area contributed by atoms with Crippen LogP contribution in [0.15, 0.2) is 6.07 Å². The van der Waals surface area contributed by atoms with E-state index in [9.17, 15) is 4.79 Å². The van der Waals surface area contributed by atoms with E-state index in [-0.39, 0.29) is 6.09 Å². The Kier molecular flexibility index (Phi) is 3.14. The molecule has 0 fully saturated rings. The molecule has 17 heavy (non-hydrogen) atoms. The third-order valence-corrected chi connectivity index (χ3v) is 3.68. The smallest absolute Gasteiger partial charge is 0.410 e. The number of nitrogens with two attached hydrogens (primary N) is 1. The van der Waals surface area contributed by atoms with E-state index in [1.807, 2.05) is 20.8 Å². The normalized spacial score (nSPS) is 14.9. The Bertz CT molecular complexity index is 411. The molecule has 1 amide bonds. The Morgan fingerprint density at radius 3 is 2.76 bits per heavy atom. The molecule has 0 spiro atoms. The molecule has 2 rings (SSSR count). The van der Waals surface area contributed by atoms with E-state index >= 15 is 0 Å². The lowest BCUT2D eigenvalue weighted by Gasteiger charge is -2.24. The van der Waals surface area contributed by atoms with Crippen molar-refractivity contribution in [1.82, 2.24) is 4.90 Å². The molecule has 0 saturated heterocycles. The number of thiophene rings is 1. The minimum atomic E-state index is -0.435. The van der Waals surface area contributed by atoms with Gasteiger partial charge in [0.15, 0.2) is 0 Å². The van der Waals surface area contributed by atoms with E-state index < -0.39 is 5.60 Å². The Labute approximate surface area is 105 Å². The van der Waals surface area contributed by atoms with Crippen LogP contribution in [-0.4, -0.2) is 16.6 Å². The number of hydrogen-bond acceptors (Lipinski definition) is 4. The van der Waals surface area contributed by atoms with Crippen molar-refractivity contribution in [2.45, 2.75) is 46.0 Å². The highest BCUT2D eigenvalue weighted by molar-refractivity contribution is 7.12.